The second kappa shape index (κ2) is 8.90. The minimum absolute atomic E-state index is 0.0334. The lowest BCUT2D eigenvalue weighted by Crippen LogP contribution is -2.46. The predicted octanol–water partition coefficient (Wildman–Crippen LogP) is 5.17. The van der Waals surface area contributed by atoms with E-state index in [1.54, 1.807) is 25.3 Å². The minimum atomic E-state index is -1.88. The molecule has 0 aliphatic rings. The predicted molar refractivity (Wildman–Crippen MR) is 110 cm³/mol. The van der Waals surface area contributed by atoms with Crippen LogP contribution in [0.15, 0.2) is 48.5 Å². The van der Waals surface area contributed by atoms with E-state index in [0.717, 1.165) is 29.4 Å². The normalized spacial score (nSPS) is 12.5. The second-order valence-electron chi connectivity index (χ2n) is 6.64. The molecule has 26 heavy (non-hydrogen) atoms. The first-order chi connectivity index (χ1) is 12.5. The molecule has 2 rings (SSSR count). The van der Waals surface area contributed by atoms with Gasteiger partial charge in [-0.2, -0.15) is 0 Å². The zero-order valence-corrected chi connectivity index (χ0v) is 17.1. The number of phenolic OH excluding ortho intramolecular Hbond substituents is 1. The highest BCUT2D eigenvalue weighted by atomic mass is 28.3. The Labute approximate surface area is 157 Å². The summed E-state index contributed by atoms with van der Waals surface area (Å²) in [6.07, 6.45) is 0. The Hall–Kier alpha value is -2.27. The lowest BCUT2D eigenvalue weighted by atomic mass is 10.1. The highest BCUT2D eigenvalue weighted by molar-refractivity contribution is 6.84. The van der Waals surface area contributed by atoms with Crippen LogP contribution < -0.4 is 10.1 Å². The van der Waals surface area contributed by atoms with E-state index in [1.165, 1.54) is 0 Å². The van der Waals surface area contributed by atoms with Crippen molar-refractivity contribution in [2.45, 2.75) is 44.4 Å². The zero-order valence-electron chi connectivity index (χ0n) is 16.1. The number of methoxy groups -OCH3 is 1. The van der Waals surface area contributed by atoms with E-state index in [0.29, 0.717) is 5.69 Å². The molecule has 0 bridgehead atoms. The van der Waals surface area contributed by atoms with E-state index in [1.807, 2.05) is 30.3 Å². The molecule has 0 spiro atoms. The van der Waals surface area contributed by atoms with E-state index < -0.39 is 8.07 Å². The summed E-state index contributed by atoms with van der Waals surface area (Å²) in [7, 11) is -0.245. The van der Waals surface area contributed by atoms with Gasteiger partial charge in [0.2, 0.25) is 5.91 Å². The fourth-order valence-corrected chi connectivity index (χ4v) is 7.98. The summed E-state index contributed by atoms with van der Waals surface area (Å²) in [4.78, 5) is 13.3. The largest absolute Gasteiger partial charge is 0.506 e. The van der Waals surface area contributed by atoms with Crippen LogP contribution in [0, 0.1) is 0 Å². The lowest BCUT2D eigenvalue weighted by molar-refractivity contribution is -0.116. The van der Waals surface area contributed by atoms with Crippen LogP contribution in [0.25, 0.3) is 0 Å². The first-order valence-electron chi connectivity index (χ1n) is 9.24. The van der Waals surface area contributed by atoms with Gasteiger partial charge >= 0.3 is 0 Å². The van der Waals surface area contributed by atoms with Crippen LogP contribution in [-0.2, 0) is 4.79 Å². The third-order valence-electron chi connectivity index (χ3n) is 5.60. The number of carbonyl (C=O) groups excluding carboxylic acids is 1. The van der Waals surface area contributed by atoms with Gasteiger partial charge in [0, 0.05) is 0 Å². The Balaban J connectivity index is 2.45. The number of anilines is 1. The molecular formula is C21H29NO3Si. The van der Waals surface area contributed by atoms with Crippen LogP contribution >= 0.6 is 0 Å². The molecule has 0 saturated carbocycles. The third-order valence-corrected chi connectivity index (χ3v) is 11.6. The summed E-state index contributed by atoms with van der Waals surface area (Å²) in [6, 6.07) is 17.8. The third kappa shape index (κ3) is 4.10. The Morgan fingerprint density at radius 2 is 1.62 bits per heavy atom. The molecule has 0 saturated heterocycles. The SMILES string of the molecule is CC[Si](CC)(CC)C(C(=O)Nc1ccccc1O)c1ccc(OC)cc1. The molecule has 2 N–H and O–H groups in total. The van der Waals surface area contributed by atoms with Gasteiger partial charge in [-0.1, -0.05) is 63.2 Å². The molecule has 0 aliphatic heterocycles. The standard InChI is InChI=1S/C21H29NO3Si/c1-5-26(6-2,7-3)20(16-12-14-17(25-4)15-13-16)21(24)22-18-10-8-9-11-19(18)23/h8-15,20,23H,5-7H2,1-4H3,(H,22,24). The molecule has 0 aliphatic carbocycles. The van der Waals surface area contributed by atoms with Gasteiger partial charge in [-0.25, -0.2) is 0 Å². The van der Waals surface area contributed by atoms with E-state index in [4.69, 9.17) is 4.74 Å². The van der Waals surface area contributed by atoms with Crippen LogP contribution in [0.2, 0.25) is 18.1 Å². The maximum Gasteiger partial charge on any atom is 0.229 e. The molecule has 4 nitrogen and oxygen atoms in total. The number of carbonyl (C=O) groups is 1. The number of rotatable bonds is 8. The summed E-state index contributed by atoms with van der Waals surface area (Å²) >= 11 is 0. The van der Waals surface area contributed by atoms with Gasteiger partial charge in [-0.15, -0.1) is 0 Å². The Morgan fingerprint density at radius 1 is 1.04 bits per heavy atom. The van der Waals surface area contributed by atoms with Gasteiger partial charge in [0.05, 0.1) is 26.4 Å². The van der Waals surface area contributed by atoms with Crippen LogP contribution in [0.5, 0.6) is 11.5 Å². The summed E-state index contributed by atoms with van der Waals surface area (Å²) in [6.45, 7) is 6.59. The topological polar surface area (TPSA) is 58.6 Å². The molecule has 140 valence electrons. The minimum Gasteiger partial charge on any atom is -0.506 e. The van der Waals surface area contributed by atoms with Gasteiger partial charge < -0.3 is 15.2 Å². The van der Waals surface area contributed by atoms with Crippen LogP contribution in [0.3, 0.4) is 0 Å². The molecule has 2 aromatic carbocycles. The van der Waals surface area contributed by atoms with Crippen LogP contribution in [0.4, 0.5) is 5.69 Å². The Bertz CT molecular complexity index is 718. The quantitative estimate of drug-likeness (QED) is 0.497. The number of para-hydroxylation sites is 2. The van der Waals surface area contributed by atoms with Crippen molar-refractivity contribution in [3.63, 3.8) is 0 Å². The fourth-order valence-electron chi connectivity index (χ4n) is 3.73. The number of ether oxygens (including phenoxy) is 1. The fraction of sp³-hybridized carbons (Fsp3) is 0.381. The molecule has 0 radical (unpaired) electrons. The van der Waals surface area contributed by atoms with Crippen LogP contribution in [-0.4, -0.2) is 26.2 Å². The van der Waals surface area contributed by atoms with Crippen molar-refractivity contribution in [2.24, 2.45) is 0 Å². The van der Waals surface area contributed by atoms with Crippen molar-refractivity contribution in [3.05, 3.63) is 54.1 Å². The monoisotopic (exact) mass is 371 g/mol. The van der Waals surface area contributed by atoms with Gasteiger partial charge in [0.15, 0.2) is 0 Å². The van der Waals surface area contributed by atoms with E-state index >= 15 is 0 Å². The second-order valence-corrected chi connectivity index (χ2v) is 12.1. The molecule has 0 heterocycles. The van der Waals surface area contributed by atoms with Crippen molar-refractivity contribution in [1.29, 1.82) is 0 Å². The maximum atomic E-state index is 13.3. The Kier molecular flexibility index (Phi) is 6.86. The van der Waals surface area contributed by atoms with Gasteiger partial charge in [-0.3, -0.25) is 4.79 Å². The van der Waals surface area contributed by atoms with Crippen molar-refractivity contribution < 1.29 is 14.6 Å². The number of aromatic hydroxyl groups is 1. The number of hydrogen-bond acceptors (Lipinski definition) is 3. The molecule has 0 fully saturated rings. The summed E-state index contributed by atoms with van der Waals surface area (Å²) in [5.74, 6) is 0.838. The molecule has 1 unspecified atom stereocenters. The molecule has 2 aromatic rings. The number of nitrogens with one attached hydrogen (secondary N) is 1. The van der Waals surface area contributed by atoms with Crippen molar-refractivity contribution in [3.8, 4) is 11.5 Å². The summed E-state index contributed by atoms with van der Waals surface area (Å²) < 4.78 is 5.26. The van der Waals surface area contributed by atoms with Gasteiger partial charge in [0.25, 0.3) is 0 Å². The van der Waals surface area contributed by atoms with Crippen LogP contribution in [0.1, 0.15) is 31.9 Å². The first kappa shape index (κ1) is 20.0. The summed E-state index contributed by atoms with van der Waals surface area (Å²) in [5.41, 5.74) is 1.31. The highest BCUT2D eigenvalue weighted by Crippen LogP contribution is 2.38. The Morgan fingerprint density at radius 3 is 2.12 bits per heavy atom. The average Bonchev–Trinajstić information content (AvgIpc) is 2.68. The lowest BCUT2D eigenvalue weighted by Gasteiger charge is -2.36. The number of phenols is 1. The number of amides is 1. The zero-order chi connectivity index (χ0) is 19.2. The first-order valence-corrected chi connectivity index (χ1v) is 11.9. The molecule has 0 aromatic heterocycles. The molecule has 5 heteroatoms. The smallest absolute Gasteiger partial charge is 0.229 e. The summed E-state index contributed by atoms with van der Waals surface area (Å²) in [5, 5.41) is 13.0. The number of benzene rings is 2. The van der Waals surface area contributed by atoms with Crippen molar-refractivity contribution in [1.82, 2.24) is 0 Å². The molecule has 1 atom stereocenters. The van der Waals surface area contributed by atoms with E-state index in [9.17, 15) is 9.90 Å². The molecular weight excluding hydrogens is 342 g/mol. The van der Waals surface area contributed by atoms with E-state index in [2.05, 4.69) is 26.1 Å². The highest BCUT2D eigenvalue weighted by Gasteiger charge is 2.42. The van der Waals surface area contributed by atoms with E-state index in [-0.39, 0.29) is 17.2 Å². The average molecular weight is 372 g/mol. The number of hydrogen-bond donors (Lipinski definition) is 2. The van der Waals surface area contributed by atoms with Crippen molar-refractivity contribution >= 4 is 19.7 Å². The maximum absolute atomic E-state index is 13.3. The van der Waals surface area contributed by atoms with Crippen molar-refractivity contribution in [2.75, 3.05) is 12.4 Å². The van der Waals surface area contributed by atoms with Gasteiger partial charge in [-0.05, 0) is 29.8 Å². The van der Waals surface area contributed by atoms with Gasteiger partial charge in [0.1, 0.15) is 11.5 Å². The molecule has 1 amide bonds.